The molecular weight excluding hydrogens is 478 g/mol. The van der Waals surface area contributed by atoms with Crippen molar-refractivity contribution in [2.45, 2.75) is 52.0 Å². The van der Waals surface area contributed by atoms with Crippen molar-refractivity contribution >= 4 is 28.5 Å². The number of aromatic nitrogens is 3. The molecule has 0 saturated heterocycles. The molecule has 0 spiro atoms. The summed E-state index contributed by atoms with van der Waals surface area (Å²) in [5.41, 5.74) is 4.11. The van der Waals surface area contributed by atoms with Crippen LogP contribution in [0.25, 0.3) is 22.3 Å². The minimum atomic E-state index is -1.47. The number of hydrogen-bond donors (Lipinski definition) is 1. The largest absolute Gasteiger partial charge is 0.460 e. The van der Waals surface area contributed by atoms with Crippen LogP contribution in [-0.4, -0.2) is 20.6 Å². The summed E-state index contributed by atoms with van der Waals surface area (Å²) in [6.07, 6.45) is 4.10. The van der Waals surface area contributed by atoms with Crippen LogP contribution in [-0.2, 0) is 34.8 Å². The molecular formula is C28H25ClN3O4+. The summed E-state index contributed by atoms with van der Waals surface area (Å²) in [5.74, 6) is -0.517. The van der Waals surface area contributed by atoms with Crippen molar-refractivity contribution in [1.82, 2.24) is 9.55 Å². The van der Waals surface area contributed by atoms with E-state index < -0.39 is 11.6 Å². The molecule has 36 heavy (non-hydrogen) atoms. The van der Waals surface area contributed by atoms with Crippen molar-refractivity contribution < 1.29 is 19.2 Å². The van der Waals surface area contributed by atoms with Gasteiger partial charge in [-0.05, 0) is 42.7 Å². The van der Waals surface area contributed by atoms with Gasteiger partial charge in [-0.15, -0.1) is 0 Å². The summed E-state index contributed by atoms with van der Waals surface area (Å²) in [6.45, 7) is 4.57. The van der Waals surface area contributed by atoms with Gasteiger partial charge in [-0.1, -0.05) is 24.6 Å². The van der Waals surface area contributed by atoms with Crippen molar-refractivity contribution in [3.63, 3.8) is 0 Å². The van der Waals surface area contributed by atoms with Crippen LogP contribution in [0.4, 0.5) is 0 Å². The lowest BCUT2D eigenvalue weighted by molar-refractivity contribution is -0.688. The zero-order valence-electron chi connectivity index (χ0n) is 20.0. The van der Waals surface area contributed by atoms with Crippen LogP contribution in [0, 0.1) is 6.92 Å². The smallest absolute Gasteiger partial charge is 0.309 e. The molecule has 0 aliphatic carbocycles. The predicted octanol–water partition coefficient (Wildman–Crippen LogP) is 3.77. The molecule has 1 atom stereocenters. The number of pyridine rings is 3. The van der Waals surface area contributed by atoms with E-state index in [0.717, 1.165) is 27.6 Å². The number of aliphatic hydroxyl groups is 1. The number of ether oxygens (including phenoxy) is 1. The SMILES string of the molecule is CCC1(O)CC(=O)OCc2c1cc1n(c2=O)Cc2c-1nc1cc(Cl)c(C)cc1c2C[n+]1ccccc1. The lowest BCUT2D eigenvalue weighted by Crippen LogP contribution is -2.34. The van der Waals surface area contributed by atoms with Crippen molar-refractivity contribution in [3.8, 4) is 11.4 Å². The third-order valence-corrected chi connectivity index (χ3v) is 7.87. The average Bonchev–Trinajstić information content (AvgIpc) is 3.17. The number of halogens is 1. The number of carbonyl (C=O) groups is 1. The van der Waals surface area contributed by atoms with E-state index in [1.165, 1.54) is 0 Å². The molecule has 7 nitrogen and oxygen atoms in total. The maximum atomic E-state index is 13.7. The first kappa shape index (κ1) is 22.9. The van der Waals surface area contributed by atoms with Crippen LogP contribution in [0.1, 0.15) is 47.6 Å². The van der Waals surface area contributed by atoms with Gasteiger partial charge in [0.1, 0.15) is 12.2 Å². The second-order valence-electron chi connectivity index (χ2n) is 9.62. The Morgan fingerprint density at radius 2 is 1.94 bits per heavy atom. The van der Waals surface area contributed by atoms with Gasteiger partial charge >= 0.3 is 5.97 Å². The van der Waals surface area contributed by atoms with Gasteiger partial charge in [-0.2, -0.15) is 0 Å². The number of fused-ring (bicyclic) bond motifs is 5. The molecule has 0 bridgehead atoms. The van der Waals surface area contributed by atoms with Crippen molar-refractivity contribution in [1.29, 1.82) is 0 Å². The van der Waals surface area contributed by atoms with Crippen molar-refractivity contribution in [2.75, 3.05) is 0 Å². The van der Waals surface area contributed by atoms with E-state index in [4.69, 9.17) is 21.3 Å². The summed E-state index contributed by atoms with van der Waals surface area (Å²) in [7, 11) is 0. The fourth-order valence-corrected chi connectivity index (χ4v) is 5.55. The van der Waals surface area contributed by atoms with Gasteiger partial charge in [0.15, 0.2) is 18.9 Å². The van der Waals surface area contributed by atoms with Gasteiger partial charge in [-0.3, -0.25) is 9.59 Å². The molecule has 0 radical (unpaired) electrons. The molecule has 2 aliphatic heterocycles. The Hall–Kier alpha value is -3.55. The molecule has 5 heterocycles. The highest BCUT2D eigenvalue weighted by molar-refractivity contribution is 6.32. The summed E-state index contributed by atoms with van der Waals surface area (Å²) < 4.78 is 9.06. The van der Waals surface area contributed by atoms with Crippen LogP contribution in [0.15, 0.2) is 53.6 Å². The molecule has 0 saturated carbocycles. The molecule has 2 aliphatic rings. The number of carbonyl (C=O) groups excluding carboxylic acids is 1. The molecule has 0 fully saturated rings. The fraction of sp³-hybridized carbons (Fsp3) is 0.286. The topological polar surface area (TPSA) is 85.3 Å². The van der Waals surface area contributed by atoms with Gasteiger partial charge in [0.2, 0.25) is 0 Å². The lowest BCUT2D eigenvalue weighted by atomic mass is 9.85. The van der Waals surface area contributed by atoms with E-state index in [2.05, 4.69) is 10.6 Å². The minimum absolute atomic E-state index is 0.150. The molecule has 6 rings (SSSR count). The van der Waals surface area contributed by atoms with Gasteiger partial charge in [0.25, 0.3) is 5.56 Å². The second kappa shape index (κ2) is 8.25. The molecule has 4 aromatic rings. The molecule has 1 aromatic carbocycles. The number of cyclic esters (lactones) is 1. The van der Waals surface area contributed by atoms with Crippen molar-refractivity contribution in [3.05, 3.63) is 92.0 Å². The first-order valence-electron chi connectivity index (χ1n) is 12.0. The number of aryl methyl sites for hydroxylation is 1. The number of esters is 1. The average molecular weight is 503 g/mol. The van der Waals surface area contributed by atoms with Gasteiger partial charge < -0.3 is 14.4 Å². The zero-order valence-corrected chi connectivity index (χ0v) is 20.8. The van der Waals surface area contributed by atoms with Gasteiger partial charge in [-0.25, -0.2) is 9.55 Å². The van der Waals surface area contributed by atoms with Crippen LogP contribution in [0.2, 0.25) is 5.02 Å². The van der Waals surface area contributed by atoms with Crippen LogP contribution < -0.4 is 10.1 Å². The fourth-order valence-electron chi connectivity index (χ4n) is 5.39. The molecule has 182 valence electrons. The lowest BCUT2D eigenvalue weighted by Gasteiger charge is -2.26. The zero-order chi connectivity index (χ0) is 25.2. The number of benzene rings is 1. The Morgan fingerprint density at radius 1 is 1.17 bits per heavy atom. The van der Waals surface area contributed by atoms with Crippen molar-refractivity contribution in [2.24, 2.45) is 0 Å². The van der Waals surface area contributed by atoms with E-state index in [1.54, 1.807) is 11.5 Å². The molecule has 1 unspecified atom stereocenters. The first-order chi connectivity index (χ1) is 17.3. The van der Waals surface area contributed by atoms with Crippen LogP contribution >= 0.6 is 11.6 Å². The molecule has 8 heteroatoms. The Morgan fingerprint density at radius 3 is 2.69 bits per heavy atom. The monoisotopic (exact) mass is 502 g/mol. The highest BCUT2D eigenvalue weighted by atomic mass is 35.5. The number of nitrogens with zero attached hydrogens (tertiary/aromatic N) is 3. The summed E-state index contributed by atoms with van der Waals surface area (Å²) in [6, 6.07) is 11.7. The van der Waals surface area contributed by atoms with E-state index in [-0.39, 0.29) is 25.0 Å². The Kier molecular flexibility index (Phi) is 5.24. The van der Waals surface area contributed by atoms with Crippen LogP contribution in [0.5, 0.6) is 0 Å². The Labute approximate surface area is 212 Å². The third kappa shape index (κ3) is 3.45. The van der Waals surface area contributed by atoms with E-state index >= 15 is 0 Å². The maximum absolute atomic E-state index is 13.7. The Balaban J connectivity index is 1.63. The quantitative estimate of drug-likeness (QED) is 0.300. The van der Waals surface area contributed by atoms with E-state index in [1.807, 2.05) is 49.6 Å². The normalized spacial score (nSPS) is 18.4. The molecule has 3 aromatic heterocycles. The molecule has 1 N–H and O–H groups in total. The number of rotatable bonds is 3. The van der Waals surface area contributed by atoms with Gasteiger partial charge in [0, 0.05) is 33.7 Å². The van der Waals surface area contributed by atoms with Crippen LogP contribution in [0.3, 0.4) is 0 Å². The van der Waals surface area contributed by atoms with Gasteiger partial charge in [0.05, 0.1) is 35.4 Å². The minimum Gasteiger partial charge on any atom is -0.460 e. The Bertz CT molecular complexity index is 1630. The standard InChI is InChI=1S/C28H25ClN3O4/c1-3-28(35)12-25(33)36-15-20-21(28)10-24-26-19(14-32(24)27(20)34)18(13-31-7-5-4-6-8-31)17-9-16(2)22(29)11-23(17)30-26/h4-11,35H,3,12-15H2,1-2H3/q+1. The first-order valence-corrected chi connectivity index (χ1v) is 12.4. The molecule has 0 amide bonds. The number of hydrogen-bond acceptors (Lipinski definition) is 5. The third-order valence-electron chi connectivity index (χ3n) is 7.46. The maximum Gasteiger partial charge on any atom is 0.309 e. The van der Waals surface area contributed by atoms with E-state index in [0.29, 0.717) is 40.6 Å². The summed E-state index contributed by atoms with van der Waals surface area (Å²) >= 11 is 6.48. The predicted molar refractivity (Wildman–Crippen MR) is 135 cm³/mol. The highest BCUT2D eigenvalue weighted by Crippen LogP contribution is 2.41. The second-order valence-corrected chi connectivity index (χ2v) is 10.0. The summed E-state index contributed by atoms with van der Waals surface area (Å²) in [4.78, 5) is 30.9. The summed E-state index contributed by atoms with van der Waals surface area (Å²) in [5, 5.41) is 13.0. The highest BCUT2D eigenvalue weighted by Gasteiger charge is 2.40. The van der Waals surface area contributed by atoms with E-state index in [9.17, 15) is 14.7 Å².